The number of carboxylic acid groups (broad SMARTS) is 1. The molecule has 1 aromatic carbocycles. The van der Waals surface area contributed by atoms with Gasteiger partial charge in [0.05, 0.1) is 28.0 Å². The van der Waals surface area contributed by atoms with Crippen LogP contribution in [0.15, 0.2) is 30.4 Å². The van der Waals surface area contributed by atoms with E-state index in [1.165, 1.54) is 12.1 Å². The molecule has 4 unspecified atom stereocenters. The molecule has 8 nitrogen and oxygen atoms in total. The Morgan fingerprint density at radius 3 is 2.54 bits per heavy atom. The first-order chi connectivity index (χ1) is 11.4. The number of aliphatic carboxylic acids is 1. The molecular weight excluding hydrogens is 314 g/mol. The summed E-state index contributed by atoms with van der Waals surface area (Å²) in [6.07, 6.45) is 4.32. The van der Waals surface area contributed by atoms with Gasteiger partial charge < -0.3 is 10.4 Å². The van der Waals surface area contributed by atoms with Crippen molar-refractivity contribution in [2.75, 3.05) is 5.32 Å². The average Bonchev–Trinajstić information content (AvgIpc) is 3.15. The van der Waals surface area contributed by atoms with Crippen molar-refractivity contribution in [2.24, 2.45) is 23.7 Å². The second-order valence-corrected chi connectivity index (χ2v) is 5.93. The maximum atomic E-state index is 12.6. The van der Waals surface area contributed by atoms with E-state index in [9.17, 15) is 24.8 Å². The number of allylic oxidation sites excluding steroid dienone is 2. The molecule has 2 aliphatic carbocycles. The van der Waals surface area contributed by atoms with Gasteiger partial charge >= 0.3 is 5.97 Å². The van der Waals surface area contributed by atoms with Crippen LogP contribution < -0.4 is 5.32 Å². The van der Waals surface area contributed by atoms with E-state index in [-0.39, 0.29) is 28.8 Å². The van der Waals surface area contributed by atoms with Crippen LogP contribution in [0.5, 0.6) is 0 Å². The predicted molar refractivity (Wildman–Crippen MR) is 81.8 cm³/mol. The topological polar surface area (TPSA) is 133 Å². The van der Waals surface area contributed by atoms with Gasteiger partial charge in [0.2, 0.25) is 5.91 Å². The van der Waals surface area contributed by atoms with Gasteiger partial charge in [-0.3, -0.25) is 19.7 Å². The third kappa shape index (κ3) is 2.50. The van der Waals surface area contributed by atoms with Gasteiger partial charge in [0, 0.05) is 12.1 Å². The average molecular weight is 327 g/mol. The number of nitrogens with one attached hydrogen (secondary N) is 1. The molecule has 2 bridgehead atoms. The van der Waals surface area contributed by atoms with Crippen LogP contribution in [0.1, 0.15) is 12.0 Å². The van der Waals surface area contributed by atoms with E-state index < -0.39 is 28.6 Å². The molecule has 0 heterocycles. The lowest BCUT2D eigenvalue weighted by Gasteiger charge is -2.24. The summed E-state index contributed by atoms with van der Waals surface area (Å²) in [5, 5.41) is 31.8. The van der Waals surface area contributed by atoms with Crippen LogP contribution >= 0.6 is 0 Å². The van der Waals surface area contributed by atoms with Gasteiger partial charge in [-0.05, 0) is 24.3 Å². The molecule has 3 rings (SSSR count). The highest BCUT2D eigenvalue weighted by Gasteiger charge is 2.51. The Morgan fingerprint density at radius 2 is 1.96 bits per heavy atom. The number of anilines is 1. The number of hydrogen-bond acceptors (Lipinski definition) is 5. The molecule has 24 heavy (non-hydrogen) atoms. The first-order valence-corrected chi connectivity index (χ1v) is 7.33. The van der Waals surface area contributed by atoms with E-state index in [1.54, 1.807) is 6.07 Å². The first kappa shape index (κ1) is 15.7. The number of nitro groups is 1. The number of non-ortho nitro benzene ring substituents is 1. The van der Waals surface area contributed by atoms with Gasteiger partial charge in [0.15, 0.2) is 0 Å². The Kier molecular flexibility index (Phi) is 3.77. The minimum absolute atomic E-state index is 0.0388. The Balaban J connectivity index is 1.85. The van der Waals surface area contributed by atoms with Gasteiger partial charge in [0.1, 0.15) is 6.07 Å². The summed E-state index contributed by atoms with van der Waals surface area (Å²) in [6, 6.07) is 5.35. The largest absolute Gasteiger partial charge is 0.481 e. The standard InChI is InChI=1S/C16H13N3O5/c17-7-10-6-11(19(23)24)3-4-12(10)18-15(20)13-8-1-2-9(5-8)14(13)16(21)22/h1-4,6,8-9,13-14H,5H2,(H,18,20)(H,21,22). The summed E-state index contributed by atoms with van der Waals surface area (Å²) in [5.74, 6) is -3.29. The summed E-state index contributed by atoms with van der Waals surface area (Å²) in [4.78, 5) is 34.1. The van der Waals surface area contributed by atoms with Crippen molar-refractivity contribution in [3.05, 3.63) is 46.0 Å². The van der Waals surface area contributed by atoms with Crippen LogP contribution in [-0.2, 0) is 9.59 Å². The number of nitriles is 1. The number of nitrogens with zero attached hydrogens (tertiary/aromatic N) is 2. The van der Waals surface area contributed by atoms with E-state index in [2.05, 4.69) is 5.32 Å². The minimum Gasteiger partial charge on any atom is -0.481 e. The maximum absolute atomic E-state index is 12.6. The molecular formula is C16H13N3O5. The fourth-order valence-corrected chi connectivity index (χ4v) is 3.58. The normalized spacial score (nSPS) is 26.8. The SMILES string of the molecule is N#Cc1cc([N+](=O)[O-])ccc1NC(=O)C1C2C=CC(C2)C1C(=O)O. The first-order valence-electron chi connectivity index (χ1n) is 7.33. The molecule has 0 radical (unpaired) electrons. The van der Waals surface area contributed by atoms with Crippen LogP contribution in [0.4, 0.5) is 11.4 Å². The van der Waals surface area contributed by atoms with Crippen LogP contribution in [0.2, 0.25) is 0 Å². The molecule has 1 saturated carbocycles. The molecule has 1 fully saturated rings. The summed E-state index contributed by atoms with van der Waals surface area (Å²) < 4.78 is 0. The number of amides is 1. The third-order valence-electron chi connectivity index (χ3n) is 4.64. The van der Waals surface area contributed by atoms with Crippen LogP contribution in [0, 0.1) is 45.1 Å². The van der Waals surface area contributed by atoms with E-state index >= 15 is 0 Å². The molecule has 4 atom stereocenters. The quantitative estimate of drug-likeness (QED) is 0.493. The van der Waals surface area contributed by atoms with E-state index in [0.29, 0.717) is 6.42 Å². The van der Waals surface area contributed by atoms with Crippen molar-refractivity contribution in [1.82, 2.24) is 0 Å². The van der Waals surface area contributed by atoms with Crippen molar-refractivity contribution >= 4 is 23.3 Å². The van der Waals surface area contributed by atoms with Gasteiger partial charge in [0.25, 0.3) is 5.69 Å². The van der Waals surface area contributed by atoms with Crippen molar-refractivity contribution < 1.29 is 19.6 Å². The lowest BCUT2D eigenvalue weighted by molar-refractivity contribution is -0.384. The van der Waals surface area contributed by atoms with Gasteiger partial charge in [-0.15, -0.1) is 0 Å². The summed E-state index contributed by atoms with van der Waals surface area (Å²) in [6.45, 7) is 0. The van der Waals surface area contributed by atoms with E-state index in [0.717, 1.165) is 6.07 Å². The van der Waals surface area contributed by atoms with Crippen LogP contribution in [-0.4, -0.2) is 21.9 Å². The summed E-state index contributed by atoms with van der Waals surface area (Å²) in [7, 11) is 0. The van der Waals surface area contributed by atoms with Crippen LogP contribution in [0.3, 0.4) is 0 Å². The number of carboxylic acids is 1. The summed E-state index contributed by atoms with van der Waals surface area (Å²) in [5.41, 5.74) is -0.150. The number of carbonyl (C=O) groups excluding carboxylic acids is 1. The number of rotatable bonds is 4. The number of benzene rings is 1. The molecule has 0 saturated heterocycles. The highest BCUT2D eigenvalue weighted by molar-refractivity contribution is 5.97. The molecule has 2 aliphatic rings. The van der Waals surface area contributed by atoms with Gasteiger partial charge in [-0.25, -0.2) is 0 Å². The zero-order chi connectivity index (χ0) is 17.4. The van der Waals surface area contributed by atoms with Crippen molar-refractivity contribution in [3.63, 3.8) is 0 Å². The second kappa shape index (κ2) is 5.77. The molecule has 0 spiro atoms. The van der Waals surface area contributed by atoms with Gasteiger partial charge in [-0.2, -0.15) is 5.26 Å². The molecule has 2 N–H and O–H groups in total. The fourth-order valence-electron chi connectivity index (χ4n) is 3.58. The monoisotopic (exact) mass is 327 g/mol. The second-order valence-electron chi connectivity index (χ2n) is 5.93. The van der Waals surface area contributed by atoms with Crippen molar-refractivity contribution in [3.8, 4) is 6.07 Å². The maximum Gasteiger partial charge on any atom is 0.307 e. The van der Waals surface area contributed by atoms with Crippen molar-refractivity contribution in [2.45, 2.75) is 6.42 Å². The molecule has 1 aromatic rings. The van der Waals surface area contributed by atoms with E-state index in [1.807, 2.05) is 12.2 Å². The fraction of sp³-hybridized carbons (Fsp3) is 0.312. The number of hydrogen-bond donors (Lipinski definition) is 2. The number of fused-ring (bicyclic) bond motifs is 2. The lowest BCUT2D eigenvalue weighted by Crippen LogP contribution is -2.36. The Labute approximate surface area is 136 Å². The smallest absolute Gasteiger partial charge is 0.307 e. The number of nitro benzene ring substituents is 1. The molecule has 0 aromatic heterocycles. The van der Waals surface area contributed by atoms with Crippen LogP contribution in [0.25, 0.3) is 0 Å². The molecule has 1 amide bonds. The third-order valence-corrected chi connectivity index (χ3v) is 4.64. The Morgan fingerprint density at radius 1 is 1.29 bits per heavy atom. The zero-order valence-corrected chi connectivity index (χ0v) is 12.4. The summed E-state index contributed by atoms with van der Waals surface area (Å²) >= 11 is 0. The Hall–Kier alpha value is -3.21. The lowest BCUT2D eigenvalue weighted by atomic mass is 9.82. The number of carbonyl (C=O) groups is 2. The molecule has 122 valence electrons. The highest BCUT2D eigenvalue weighted by atomic mass is 16.6. The van der Waals surface area contributed by atoms with Gasteiger partial charge in [-0.1, -0.05) is 12.2 Å². The zero-order valence-electron chi connectivity index (χ0n) is 12.4. The van der Waals surface area contributed by atoms with Crippen molar-refractivity contribution in [1.29, 1.82) is 5.26 Å². The molecule has 0 aliphatic heterocycles. The Bertz CT molecular complexity index is 810. The predicted octanol–water partition coefficient (Wildman–Crippen LogP) is 1.93. The highest BCUT2D eigenvalue weighted by Crippen LogP contribution is 2.48. The van der Waals surface area contributed by atoms with E-state index in [4.69, 9.17) is 5.26 Å². The molecule has 8 heteroatoms. The minimum atomic E-state index is -1.02.